The third-order valence-electron chi connectivity index (χ3n) is 4.02. The molecule has 0 spiro atoms. The normalized spacial score (nSPS) is 14.8. The smallest absolute Gasteiger partial charge is 0.254 e. The standard InChI is InChI=1S/C17H22N4O/c1-3-5-16-19-15-11-21(9-8-14(15)17(22)20-16)10-13-7-4-6-12(2)18-13/h4,6-7H,3,5,8-11H2,1-2H3,(H,19,20,22). The van der Waals surface area contributed by atoms with E-state index >= 15 is 0 Å². The predicted octanol–water partition coefficient (Wildman–Crippen LogP) is 1.98. The molecule has 0 fully saturated rings. The van der Waals surface area contributed by atoms with E-state index < -0.39 is 0 Å². The molecular weight excluding hydrogens is 276 g/mol. The SMILES string of the molecule is CCCc1nc2c(c(=O)[nH]1)CCN(Cc1cccc(C)n1)C2. The van der Waals surface area contributed by atoms with Gasteiger partial charge in [0.05, 0.1) is 11.4 Å². The summed E-state index contributed by atoms with van der Waals surface area (Å²) in [6.45, 7) is 6.51. The van der Waals surface area contributed by atoms with Crippen LogP contribution < -0.4 is 5.56 Å². The minimum atomic E-state index is 0.0433. The van der Waals surface area contributed by atoms with Crippen molar-refractivity contribution >= 4 is 0 Å². The maximum absolute atomic E-state index is 12.1. The molecule has 1 aliphatic heterocycles. The molecule has 0 atom stereocenters. The quantitative estimate of drug-likeness (QED) is 0.937. The zero-order valence-corrected chi connectivity index (χ0v) is 13.2. The van der Waals surface area contributed by atoms with Gasteiger partial charge in [-0.3, -0.25) is 14.7 Å². The van der Waals surface area contributed by atoms with E-state index in [1.807, 2.05) is 19.1 Å². The molecular formula is C17H22N4O. The lowest BCUT2D eigenvalue weighted by molar-refractivity contribution is 0.237. The van der Waals surface area contributed by atoms with Crippen LogP contribution in [0.4, 0.5) is 0 Å². The molecule has 22 heavy (non-hydrogen) atoms. The van der Waals surface area contributed by atoms with Gasteiger partial charge in [0.15, 0.2) is 0 Å². The van der Waals surface area contributed by atoms with E-state index in [-0.39, 0.29) is 5.56 Å². The molecule has 0 aliphatic carbocycles. The Kier molecular flexibility index (Phi) is 4.34. The Hall–Kier alpha value is -2.01. The number of fused-ring (bicyclic) bond motifs is 1. The molecule has 2 aromatic rings. The number of rotatable bonds is 4. The first-order valence-electron chi connectivity index (χ1n) is 7.91. The summed E-state index contributed by atoms with van der Waals surface area (Å²) in [5.41, 5.74) is 3.94. The van der Waals surface area contributed by atoms with Crippen molar-refractivity contribution in [3.63, 3.8) is 0 Å². The number of aryl methyl sites for hydroxylation is 2. The zero-order chi connectivity index (χ0) is 15.5. The van der Waals surface area contributed by atoms with Crippen molar-refractivity contribution in [3.8, 4) is 0 Å². The molecule has 0 bridgehead atoms. The lowest BCUT2D eigenvalue weighted by atomic mass is 10.1. The highest BCUT2D eigenvalue weighted by atomic mass is 16.1. The number of nitrogens with zero attached hydrogens (tertiary/aromatic N) is 3. The van der Waals surface area contributed by atoms with Crippen LogP contribution in [0.15, 0.2) is 23.0 Å². The maximum atomic E-state index is 12.1. The van der Waals surface area contributed by atoms with Crippen molar-refractivity contribution in [2.75, 3.05) is 6.54 Å². The highest BCUT2D eigenvalue weighted by molar-refractivity contribution is 5.21. The number of hydrogen-bond donors (Lipinski definition) is 1. The van der Waals surface area contributed by atoms with Crippen molar-refractivity contribution in [2.45, 2.75) is 46.2 Å². The van der Waals surface area contributed by atoms with Gasteiger partial charge in [0.2, 0.25) is 0 Å². The second kappa shape index (κ2) is 6.40. The average molecular weight is 298 g/mol. The summed E-state index contributed by atoms with van der Waals surface area (Å²) in [7, 11) is 0. The molecule has 3 rings (SSSR count). The first-order chi connectivity index (χ1) is 10.7. The topological polar surface area (TPSA) is 61.9 Å². The van der Waals surface area contributed by atoms with Gasteiger partial charge in [0, 0.05) is 37.3 Å². The fraction of sp³-hybridized carbons (Fsp3) is 0.471. The van der Waals surface area contributed by atoms with Gasteiger partial charge in [0.1, 0.15) is 5.82 Å². The summed E-state index contributed by atoms with van der Waals surface area (Å²) in [6.07, 6.45) is 2.57. The molecule has 2 aromatic heterocycles. The lowest BCUT2D eigenvalue weighted by Gasteiger charge is -2.27. The van der Waals surface area contributed by atoms with Gasteiger partial charge in [-0.15, -0.1) is 0 Å². The van der Waals surface area contributed by atoms with Gasteiger partial charge < -0.3 is 4.98 Å². The van der Waals surface area contributed by atoms with Gasteiger partial charge in [-0.05, 0) is 31.9 Å². The molecule has 116 valence electrons. The number of pyridine rings is 1. The van der Waals surface area contributed by atoms with Crippen LogP contribution in [0.2, 0.25) is 0 Å². The summed E-state index contributed by atoms with van der Waals surface area (Å²) in [6, 6.07) is 6.10. The molecule has 0 saturated heterocycles. The second-order valence-corrected chi connectivity index (χ2v) is 5.92. The van der Waals surface area contributed by atoms with E-state index in [1.54, 1.807) is 0 Å². The van der Waals surface area contributed by atoms with Gasteiger partial charge in [-0.25, -0.2) is 4.98 Å². The molecule has 3 heterocycles. The molecule has 0 saturated carbocycles. The fourth-order valence-electron chi connectivity index (χ4n) is 2.95. The van der Waals surface area contributed by atoms with Crippen LogP contribution >= 0.6 is 0 Å². The summed E-state index contributed by atoms with van der Waals surface area (Å²) < 4.78 is 0. The van der Waals surface area contributed by atoms with Crippen LogP contribution in [0, 0.1) is 6.92 Å². The van der Waals surface area contributed by atoms with Gasteiger partial charge in [0.25, 0.3) is 5.56 Å². The summed E-state index contributed by atoms with van der Waals surface area (Å²) in [4.78, 5) is 26.6. The van der Waals surface area contributed by atoms with E-state index in [0.29, 0.717) is 0 Å². The van der Waals surface area contributed by atoms with Gasteiger partial charge in [-0.2, -0.15) is 0 Å². The van der Waals surface area contributed by atoms with E-state index in [0.717, 1.165) is 67.4 Å². The van der Waals surface area contributed by atoms with Crippen molar-refractivity contribution < 1.29 is 0 Å². The van der Waals surface area contributed by atoms with Crippen LogP contribution in [0.1, 0.15) is 41.8 Å². The average Bonchev–Trinajstić information content (AvgIpc) is 2.47. The zero-order valence-electron chi connectivity index (χ0n) is 13.2. The van der Waals surface area contributed by atoms with Crippen LogP contribution in [0.3, 0.4) is 0 Å². The Labute approximate surface area is 130 Å². The largest absolute Gasteiger partial charge is 0.310 e. The molecule has 5 nitrogen and oxygen atoms in total. The van der Waals surface area contributed by atoms with Gasteiger partial charge in [-0.1, -0.05) is 13.0 Å². The number of aromatic nitrogens is 3. The first kappa shape index (κ1) is 14.9. The highest BCUT2D eigenvalue weighted by Gasteiger charge is 2.21. The Morgan fingerprint density at radius 1 is 1.32 bits per heavy atom. The summed E-state index contributed by atoms with van der Waals surface area (Å²) >= 11 is 0. The minimum Gasteiger partial charge on any atom is -0.310 e. The van der Waals surface area contributed by atoms with E-state index in [9.17, 15) is 4.79 Å². The Bertz CT molecular complexity index is 723. The minimum absolute atomic E-state index is 0.0433. The Morgan fingerprint density at radius 3 is 2.95 bits per heavy atom. The fourth-order valence-corrected chi connectivity index (χ4v) is 2.95. The first-order valence-corrected chi connectivity index (χ1v) is 7.91. The molecule has 0 aromatic carbocycles. The van der Waals surface area contributed by atoms with E-state index in [4.69, 9.17) is 0 Å². The van der Waals surface area contributed by atoms with Crippen molar-refractivity contribution in [3.05, 3.63) is 57.0 Å². The molecule has 1 N–H and O–H groups in total. The Morgan fingerprint density at radius 2 is 2.18 bits per heavy atom. The van der Waals surface area contributed by atoms with E-state index in [2.05, 4.69) is 32.8 Å². The van der Waals surface area contributed by atoms with Crippen molar-refractivity contribution in [1.82, 2.24) is 19.9 Å². The molecule has 1 aliphatic rings. The van der Waals surface area contributed by atoms with Crippen molar-refractivity contribution in [2.24, 2.45) is 0 Å². The maximum Gasteiger partial charge on any atom is 0.254 e. The predicted molar refractivity (Wildman–Crippen MR) is 85.6 cm³/mol. The van der Waals surface area contributed by atoms with Crippen LogP contribution in [-0.4, -0.2) is 26.4 Å². The second-order valence-electron chi connectivity index (χ2n) is 5.92. The third-order valence-corrected chi connectivity index (χ3v) is 4.02. The molecule has 0 radical (unpaired) electrons. The monoisotopic (exact) mass is 298 g/mol. The van der Waals surface area contributed by atoms with Crippen molar-refractivity contribution in [1.29, 1.82) is 0 Å². The molecule has 5 heteroatoms. The van der Waals surface area contributed by atoms with E-state index in [1.165, 1.54) is 0 Å². The molecule has 0 amide bonds. The molecule has 0 unspecified atom stereocenters. The van der Waals surface area contributed by atoms with Crippen LogP contribution in [0.5, 0.6) is 0 Å². The summed E-state index contributed by atoms with van der Waals surface area (Å²) in [5.74, 6) is 0.807. The third kappa shape index (κ3) is 3.25. The number of aromatic amines is 1. The number of nitrogens with one attached hydrogen (secondary N) is 1. The van der Waals surface area contributed by atoms with Crippen LogP contribution in [0.25, 0.3) is 0 Å². The number of hydrogen-bond acceptors (Lipinski definition) is 4. The highest BCUT2D eigenvalue weighted by Crippen LogP contribution is 2.16. The number of H-pyrrole nitrogens is 1. The summed E-state index contributed by atoms with van der Waals surface area (Å²) in [5, 5.41) is 0. The van der Waals surface area contributed by atoms with Gasteiger partial charge >= 0.3 is 0 Å². The lowest BCUT2D eigenvalue weighted by Crippen LogP contribution is -2.35. The Balaban J connectivity index is 1.79. The van der Waals surface area contributed by atoms with Crippen LogP contribution in [-0.2, 0) is 25.9 Å².